The molecule has 6 heteroatoms. The number of methoxy groups -OCH3 is 1. The molecule has 2 amide bonds. The number of nitrogens with zero attached hydrogens (tertiary/aromatic N) is 1. The van der Waals surface area contributed by atoms with Crippen molar-refractivity contribution >= 4 is 17.4 Å². The molecule has 0 aliphatic carbocycles. The van der Waals surface area contributed by atoms with Crippen molar-refractivity contribution in [1.82, 2.24) is 4.90 Å². The van der Waals surface area contributed by atoms with Gasteiger partial charge < -0.3 is 9.84 Å². The van der Waals surface area contributed by atoms with Crippen molar-refractivity contribution in [3.8, 4) is 5.75 Å². The molecule has 1 heterocycles. The van der Waals surface area contributed by atoms with Crippen LogP contribution in [0, 0.1) is 5.82 Å². The Labute approximate surface area is 137 Å². The Bertz CT molecular complexity index is 860. The van der Waals surface area contributed by atoms with Crippen LogP contribution in [0.1, 0.15) is 11.1 Å². The van der Waals surface area contributed by atoms with Gasteiger partial charge in [-0.2, -0.15) is 0 Å². The first-order chi connectivity index (χ1) is 11.5. The largest absolute Gasteiger partial charge is 0.502 e. The summed E-state index contributed by atoms with van der Waals surface area (Å²) in [5, 5.41) is 10.1. The van der Waals surface area contributed by atoms with E-state index in [9.17, 15) is 19.1 Å². The van der Waals surface area contributed by atoms with Crippen LogP contribution in [0.5, 0.6) is 5.75 Å². The van der Waals surface area contributed by atoms with Gasteiger partial charge in [-0.3, -0.25) is 14.5 Å². The quantitative estimate of drug-likeness (QED) is 0.877. The van der Waals surface area contributed by atoms with E-state index in [0.717, 1.165) is 4.90 Å². The minimum atomic E-state index is -0.857. The molecule has 3 rings (SSSR count). The first kappa shape index (κ1) is 15.7. The van der Waals surface area contributed by atoms with Crippen LogP contribution in [0.2, 0.25) is 0 Å². The molecule has 2 aromatic carbocycles. The Kier molecular flexibility index (Phi) is 4.04. The van der Waals surface area contributed by atoms with Crippen molar-refractivity contribution in [3.05, 3.63) is 71.2 Å². The highest BCUT2D eigenvalue weighted by molar-refractivity contribution is 6.35. The predicted molar refractivity (Wildman–Crippen MR) is 84.5 cm³/mol. The van der Waals surface area contributed by atoms with E-state index in [2.05, 4.69) is 0 Å². The van der Waals surface area contributed by atoms with E-state index in [1.807, 2.05) is 0 Å². The number of hydrogen-bond donors (Lipinski definition) is 1. The number of rotatable bonds is 4. The molecule has 0 radical (unpaired) electrons. The van der Waals surface area contributed by atoms with Crippen LogP contribution in [-0.4, -0.2) is 28.9 Å². The fraction of sp³-hybridized carbons (Fsp3) is 0.111. The van der Waals surface area contributed by atoms with Crippen molar-refractivity contribution in [3.63, 3.8) is 0 Å². The van der Waals surface area contributed by atoms with Crippen molar-refractivity contribution < 1.29 is 23.8 Å². The second kappa shape index (κ2) is 6.16. The number of hydrogen-bond acceptors (Lipinski definition) is 4. The molecule has 1 aliphatic rings. The first-order valence-corrected chi connectivity index (χ1v) is 7.20. The summed E-state index contributed by atoms with van der Waals surface area (Å²) in [5.41, 5.74) is 0.356. The lowest BCUT2D eigenvalue weighted by molar-refractivity contribution is -0.138. The van der Waals surface area contributed by atoms with E-state index in [1.54, 1.807) is 30.3 Å². The Morgan fingerprint density at radius 2 is 1.71 bits per heavy atom. The molecule has 1 aliphatic heterocycles. The van der Waals surface area contributed by atoms with Gasteiger partial charge in [-0.1, -0.05) is 36.4 Å². The van der Waals surface area contributed by atoms with Gasteiger partial charge in [-0.25, -0.2) is 4.39 Å². The van der Waals surface area contributed by atoms with Crippen LogP contribution in [-0.2, 0) is 16.1 Å². The third-order valence-corrected chi connectivity index (χ3v) is 3.81. The number of carbonyl (C=O) groups excluding carboxylic acids is 2. The van der Waals surface area contributed by atoms with Crippen LogP contribution in [0.4, 0.5) is 4.39 Å². The summed E-state index contributed by atoms with van der Waals surface area (Å²) in [6.45, 7) is -0.257. The number of benzene rings is 2. The highest BCUT2D eigenvalue weighted by Gasteiger charge is 2.40. The van der Waals surface area contributed by atoms with Crippen molar-refractivity contribution in [1.29, 1.82) is 0 Å². The molecule has 0 unspecified atom stereocenters. The molecule has 0 bridgehead atoms. The minimum absolute atomic E-state index is 0.145. The summed E-state index contributed by atoms with van der Waals surface area (Å²) in [7, 11) is 1.43. The van der Waals surface area contributed by atoms with Gasteiger partial charge in [-0.15, -0.1) is 0 Å². The van der Waals surface area contributed by atoms with Gasteiger partial charge in [0.25, 0.3) is 11.8 Å². The number of carbonyl (C=O) groups is 2. The molecule has 0 fully saturated rings. The highest BCUT2D eigenvalue weighted by atomic mass is 19.1. The summed E-state index contributed by atoms with van der Waals surface area (Å²) in [6, 6.07) is 12.4. The lowest BCUT2D eigenvalue weighted by Crippen LogP contribution is -2.31. The fourth-order valence-electron chi connectivity index (χ4n) is 2.60. The Hall–Kier alpha value is -3.15. The summed E-state index contributed by atoms with van der Waals surface area (Å²) in [6.07, 6.45) is 0. The van der Waals surface area contributed by atoms with Gasteiger partial charge in [0.1, 0.15) is 11.6 Å². The average molecular weight is 327 g/mol. The lowest BCUT2D eigenvalue weighted by atomic mass is 10.0. The fourth-order valence-corrected chi connectivity index (χ4v) is 2.60. The number of para-hydroxylation sites is 1. The van der Waals surface area contributed by atoms with Gasteiger partial charge in [-0.05, 0) is 12.1 Å². The third kappa shape index (κ3) is 2.52. The highest BCUT2D eigenvalue weighted by Crippen LogP contribution is 2.34. The second-order valence-electron chi connectivity index (χ2n) is 5.21. The smallest absolute Gasteiger partial charge is 0.296 e. The zero-order chi connectivity index (χ0) is 17.3. The van der Waals surface area contributed by atoms with Gasteiger partial charge in [0.05, 0.1) is 19.2 Å². The molecular weight excluding hydrogens is 313 g/mol. The Morgan fingerprint density at radius 3 is 2.42 bits per heavy atom. The molecule has 0 aromatic heterocycles. The molecule has 122 valence electrons. The zero-order valence-corrected chi connectivity index (χ0v) is 12.8. The lowest BCUT2D eigenvalue weighted by Gasteiger charge is -2.15. The SMILES string of the molecule is COc1ccccc1C1=C(O)C(=O)N(Cc2ccccc2F)C1=O. The van der Waals surface area contributed by atoms with Crippen LogP contribution < -0.4 is 4.74 Å². The van der Waals surface area contributed by atoms with E-state index in [1.165, 1.54) is 25.3 Å². The van der Waals surface area contributed by atoms with Gasteiger partial charge in [0.15, 0.2) is 5.76 Å². The van der Waals surface area contributed by atoms with Gasteiger partial charge in [0.2, 0.25) is 0 Å². The summed E-state index contributed by atoms with van der Waals surface area (Å²) >= 11 is 0. The number of ether oxygens (including phenoxy) is 1. The van der Waals surface area contributed by atoms with Crippen LogP contribution in [0.25, 0.3) is 5.57 Å². The van der Waals surface area contributed by atoms with Gasteiger partial charge in [0, 0.05) is 11.1 Å². The first-order valence-electron chi connectivity index (χ1n) is 7.20. The third-order valence-electron chi connectivity index (χ3n) is 3.81. The molecule has 0 saturated carbocycles. The van der Waals surface area contributed by atoms with Gasteiger partial charge >= 0.3 is 0 Å². The maximum absolute atomic E-state index is 13.8. The van der Waals surface area contributed by atoms with Crippen molar-refractivity contribution in [2.45, 2.75) is 6.54 Å². The molecule has 24 heavy (non-hydrogen) atoms. The topological polar surface area (TPSA) is 66.8 Å². The molecule has 5 nitrogen and oxygen atoms in total. The molecule has 1 N–H and O–H groups in total. The van der Waals surface area contributed by atoms with Crippen LogP contribution in [0.3, 0.4) is 0 Å². The van der Waals surface area contributed by atoms with E-state index < -0.39 is 23.4 Å². The summed E-state index contributed by atoms with van der Waals surface area (Å²) in [4.78, 5) is 25.7. The van der Waals surface area contributed by atoms with E-state index >= 15 is 0 Å². The molecule has 0 spiro atoms. The monoisotopic (exact) mass is 327 g/mol. The number of aliphatic hydroxyl groups is 1. The second-order valence-corrected chi connectivity index (χ2v) is 5.21. The number of halogens is 1. The maximum atomic E-state index is 13.8. The van der Waals surface area contributed by atoms with E-state index in [0.29, 0.717) is 11.3 Å². The zero-order valence-electron chi connectivity index (χ0n) is 12.8. The van der Waals surface area contributed by atoms with Crippen LogP contribution in [0.15, 0.2) is 54.3 Å². The van der Waals surface area contributed by atoms with E-state index in [-0.39, 0.29) is 17.7 Å². The molecular formula is C18H14FNO4. The van der Waals surface area contributed by atoms with Crippen LogP contribution >= 0.6 is 0 Å². The van der Waals surface area contributed by atoms with Crippen molar-refractivity contribution in [2.24, 2.45) is 0 Å². The average Bonchev–Trinajstić information content (AvgIpc) is 2.80. The standard InChI is InChI=1S/C18H14FNO4/c1-24-14-9-5-3-7-12(14)15-16(21)18(23)20(17(15)22)10-11-6-2-4-8-13(11)19/h2-9,21H,10H2,1H3. The Morgan fingerprint density at radius 1 is 1.04 bits per heavy atom. The van der Waals surface area contributed by atoms with Crippen molar-refractivity contribution in [2.75, 3.05) is 7.11 Å². The number of aliphatic hydroxyl groups excluding tert-OH is 1. The molecule has 0 atom stereocenters. The Balaban J connectivity index is 1.98. The minimum Gasteiger partial charge on any atom is -0.502 e. The number of amides is 2. The summed E-state index contributed by atoms with van der Waals surface area (Å²) in [5.74, 6) is -2.38. The predicted octanol–water partition coefficient (Wildman–Crippen LogP) is 2.67. The normalized spacial score (nSPS) is 14.5. The number of imide groups is 1. The summed E-state index contributed by atoms with van der Waals surface area (Å²) < 4.78 is 19.0. The molecule has 2 aromatic rings. The van der Waals surface area contributed by atoms with E-state index in [4.69, 9.17) is 4.74 Å². The maximum Gasteiger partial charge on any atom is 0.296 e. The molecule has 0 saturated heterocycles.